The van der Waals surface area contributed by atoms with Crippen molar-refractivity contribution in [1.82, 2.24) is 0 Å². The second-order valence-electron chi connectivity index (χ2n) is 4.00. The van der Waals surface area contributed by atoms with Crippen molar-refractivity contribution in [3.8, 4) is 0 Å². The highest BCUT2D eigenvalue weighted by Crippen LogP contribution is 2.33. The van der Waals surface area contributed by atoms with E-state index >= 15 is 0 Å². The molecule has 1 aliphatic heterocycles. The SMILES string of the molecule is Fc1ccc(C(Br)CC2CCCO2)c(F)c1. The molecule has 0 aromatic heterocycles. The largest absolute Gasteiger partial charge is 0.378 e. The summed E-state index contributed by atoms with van der Waals surface area (Å²) in [6, 6.07) is 3.68. The molecule has 0 N–H and O–H groups in total. The maximum atomic E-state index is 13.5. The van der Waals surface area contributed by atoms with Crippen LogP contribution in [-0.4, -0.2) is 12.7 Å². The fraction of sp³-hybridized carbons (Fsp3) is 0.500. The zero-order valence-electron chi connectivity index (χ0n) is 8.76. The minimum absolute atomic E-state index is 0.115. The second-order valence-corrected chi connectivity index (χ2v) is 5.11. The smallest absolute Gasteiger partial charge is 0.130 e. The predicted octanol–water partition coefficient (Wildman–Crippen LogP) is 3.97. The normalized spacial score (nSPS) is 22.3. The molecular weight excluding hydrogens is 278 g/mol. The molecule has 2 rings (SSSR count). The van der Waals surface area contributed by atoms with E-state index in [2.05, 4.69) is 15.9 Å². The Morgan fingerprint density at radius 3 is 2.88 bits per heavy atom. The van der Waals surface area contributed by atoms with Gasteiger partial charge in [-0.15, -0.1) is 0 Å². The first-order valence-corrected chi connectivity index (χ1v) is 6.29. The maximum Gasteiger partial charge on any atom is 0.130 e. The summed E-state index contributed by atoms with van der Waals surface area (Å²) in [5.41, 5.74) is 0.497. The van der Waals surface area contributed by atoms with Crippen LogP contribution in [0.2, 0.25) is 0 Å². The fourth-order valence-electron chi connectivity index (χ4n) is 1.94. The molecule has 16 heavy (non-hydrogen) atoms. The standard InChI is InChI=1S/C12H13BrF2O/c13-11(7-9-2-1-5-16-9)10-4-3-8(14)6-12(10)15/h3-4,6,9,11H,1-2,5,7H2. The molecule has 1 aromatic rings. The van der Waals surface area contributed by atoms with E-state index in [1.807, 2.05) is 0 Å². The average molecular weight is 291 g/mol. The van der Waals surface area contributed by atoms with E-state index in [0.717, 1.165) is 31.9 Å². The Bertz CT molecular complexity index is 364. The first kappa shape index (κ1) is 12.0. The summed E-state index contributed by atoms with van der Waals surface area (Å²) < 4.78 is 31.7. The van der Waals surface area contributed by atoms with Crippen LogP contribution in [0.25, 0.3) is 0 Å². The lowest BCUT2D eigenvalue weighted by Crippen LogP contribution is -2.09. The molecule has 2 atom stereocenters. The topological polar surface area (TPSA) is 9.23 Å². The van der Waals surface area contributed by atoms with E-state index in [4.69, 9.17) is 4.74 Å². The zero-order valence-corrected chi connectivity index (χ0v) is 10.3. The Balaban J connectivity index is 2.04. The van der Waals surface area contributed by atoms with E-state index in [1.165, 1.54) is 12.1 Å². The van der Waals surface area contributed by atoms with Gasteiger partial charge in [-0.05, 0) is 25.3 Å². The van der Waals surface area contributed by atoms with Gasteiger partial charge < -0.3 is 4.74 Å². The third kappa shape index (κ3) is 2.80. The molecule has 2 unspecified atom stereocenters. The van der Waals surface area contributed by atoms with Gasteiger partial charge in [0, 0.05) is 23.1 Å². The van der Waals surface area contributed by atoms with Gasteiger partial charge >= 0.3 is 0 Å². The minimum Gasteiger partial charge on any atom is -0.378 e. The van der Waals surface area contributed by atoms with Gasteiger partial charge in [0.15, 0.2) is 0 Å². The molecule has 0 aliphatic carbocycles. The van der Waals surface area contributed by atoms with Gasteiger partial charge in [0.25, 0.3) is 0 Å². The average Bonchev–Trinajstić information content (AvgIpc) is 2.70. The highest BCUT2D eigenvalue weighted by molar-refractivity contribution is 9.09. The Kier molecular flexibility index (Phi) is 3.92. The van der Waals surface area contributed by atoms with Crippen LogP contribution in [0, 0.1) is 11.6 Å². The summed E-state index contributed by atoms with van der Waals surface area (Å²) in [7, 11) is 0. The van der Waals surface area contributed by atoms with Crippen LogP contribution in [0.1, 0.15) is 29.7 Å². The number of hydrogen-bond donors (Lipinski definition) is 0. The van der Waals surface area contributed by atoms with Crippen LogP contribution in [0.15, 0.2) is 18.2 Å². The highest BCUT2D eigenvalue weighted by Gasteiger charge is 2.22. The lowest BCUT2D eigenvalue weighted by molar-refractivity contribution is 0.104. The van der Waals surface area contributed by atoms with Crippen LogP contribution < -0.4 is 0 Å². The highest BCUT2D eigenvalue weighted by atomic mass is 79.9. The van der Waals surface area contributed by atoms with E-state index in [-0.39, 0.29) is 10.9 Å². The summed E-state index contributed by atoms with van der Waals surface area (Å²) in [5, 5.41) is 0. The van der Waals surface area contributed by atoms with Crippen molar-refractivity contribution in [2.75, 3.05) is 6.61 Å². The number of benzene rings is 1. The van der Waals surface area contributed by atoms with Gasteiger partial charge in [-0.2, -0.15) is 0 Å². The summed E-state index contributed by atoms with van der Waals surface area (Å²) in [5.74, 6) is -1.04. The number of halogens is 3. The summed E-state index contributed by atoms with van der Waals surface area (Å²) >= 11 is 3.43. The van der Waals surface area contributed by atoms with Crippen LogP contribution in [0.5, 0.6) is 0 Å². The van der Waals surface area contributed by atoms with E-state index in [0.29, 0.717) is 5.56 Å². The van der Waals surface area contributed by atoms with Gasteiger partial charge in [-0.1, -0.05) is 22.0 Å². The Hall–Kier alpha value is -0.480. The van der Waals surface area contributed by atoms with Crippen molar-refractivity contribution in [1.29, 1.82) is 0 Å². The van der Waals surface area contributed by atoms with Gasteiger partial charge in [-0.3, -0.25) is 0 Å². The molecule has 1 aliphatic rings. The van der Waals surface area contributed by atoms with Crippen molar-refractivity contribution in [3.63, 3.8) is 0 Å². The number of rotatable bonds is 3. The number of ether oxygens (including phenoxy) is 1. The van der Waals surface area contributed by atoms with Crippen LogP contribution >= 0.6 is 15.9 Å². The molecule has 0 bridgehead atoms. The van der Waals surface area contributed by atoms with Crippen molar-refractivity contribution < 1.29 is 13.5 Å². The quantitative estimate of drug-likeness (QED) is 0.766. The van der Waals surface area contributed by atoms with E-state index in [1.54, 1.807) is 0 Å². The third-order valence-corrected chi connectivity index (χ3v) is 3.66. The molecule has 0 amide bonds. The van der Waals surface area contributed by atoms with Gasteiger partial charge in [0.2, 0.25) is 0 Å². The van der Waals surface area contributed by atoms with Crippen molar-refractivity contribution in [3.05, 3.63) is 35.4 Å². The first-order valence-electron chi connectivity index (χ1n) is 5.37. The monoisotopic (exact) mass is 290 g/mol. The molecule has 88 valence electrons. The molecule has 0 radical (unpaired) electrons. The molecule has 1 nitrogen and oxygen atoms in total. The fourth-order valence-corrected chi connectivity index (χ4v) is 2.73. The Labute approximate surface area is 102 Å². The molecule has 0 spiro atoms. The van der Waals surface area contributed by atoms with Gasteiger partial charge in [0.05, 0.1) is 6.10 Å². The molecule has 1 saturated heterocycles. The number of alkyl halides is 1. The predicted molar refractivity (Wildman–Crippen MR) is 61.6 cm³/mol. The van der Waals surface area contributed by atoms with Crippen molar-refractivity contribution in [2.45, 2.75) is 30.2 Å². The van der Waals surface area contributed by atoms with Crippen LogP contribution in [-0.2, 0) is 4.74 Å². The third-order valence-electron chi connectivity index (χ3n) is 2.79. The Morgan fingerprint density at radius 2 is 2.25 bits per heavy atom. The first-order chi connectivity index (χ1) is 7.66. The molecule has 1 heterocycles. The lowest BCUT2D eigenvalue weighted by Gasteiger charge is -2.15. The number of hydrogen-bond acceptors (Lipinski definition) is 1. The van der Waals surface area contributed by atoms with Crippen molar-refractivity contribution >= 4 is 15.9 Å². The molecule has 0 saturated carbocycles. The Morgan fingerprint density at radius 1 is 1.44 bits per heavy atom. The van der Waals surface area contributed by atoms with Crippen LogP contribution in [0.3, 0.4) is 0 Å². The molecule has 1 fully saturated rings. The zero-order chi connectivity index (χ0) is 11.5. The van der Waals surface area contributed by atoms with Crippen LogP contribution in [0.4, 0.5) is 8.78 Å². The summed E-state index contributed by atoms with van der Waals surface area (Å²) in [4.78, 5) is -0.115. The molecule has 4 heteroatoms. The van der Waals surface area contributed by atoms with Crippen molar-refractivity contribution in [2.24, 2.45) is 0 Å². The second kappa shape index (κ2) is 5.23. The van der Waals surface area contributed by atoms with Gasteiger partial charge in [-0.25, -0.2) is 8.78 Å². The maximum absolute atomic E-state index is 13.5. The molecule has 1 aromatic carbocycles. The van der Waals surface area contributed by atoms with E-state index in [9.17, 15) is 8.78 Å². The van der Waals surface area contributed by atoms with E-state index < -0.39 is 11.6 Å². The van der Waals surface area contributed by atoms with Gasteiger partial charge in [0.1, 0.15) is 11.6 Å². The summed E-state index contributed by atoms with van der Waals surface area (Å²) in [6.07, 6.45) is 3.00. The molecular formula is C12H13BrF2O. The summed E-state index contributed by atoms with van der Waals surface area (Å²) in [6.45, 7) is 0.788. The minimum atomic E-state index is -0.543. The lowest BCUT2D eigenvalue weighted by atomic mass is 10.0.